The Balaban J connectivity index is 1.88. The first-order valence-corrected chi connectivity index (χ1v) is 6.74. The lowest BCUT2D eigenvalue weighted by Gasteiger charge is -2.27. The van der Waals surface area contributed by atoms with Gasteiger partial charge in [-0.3, -0.25) is 4.40 Å². The molecule has 0 aromatic carbocycles. The van der Waals surface area contributed by atoms with Gasteiger partial charge >= 0.3 is 6.18 Å². The summed E-state index contributed by atoms with van der Waals surface area (Å²) in [5.74, 6) is 0.134. The van der Waals surface area contributed by atoms with E-state index < -0.39 is 11.9 Å². The summed E-state index contributed by atoms with van der Waals surface area (Å²) in [5, 5.41) is 3.27. The van der Waals surface area contributed by atoms with Crippen molar-refractivity contribution >= 4 is 5.65 Å². The summed E-state index contributed by atoms with van der Waals surface area (Å²) in [6.45, 7) is 2.73. The highest BCUT2D eigenvalue weighted by atomic mass is 19.4. The first-order valence-electron chi connectivity index (χ1n) is 6.74. The molecule has 0 radical (unpaired) electrons. The van der Waals surface area contributed by atoms with Gasteiger partial charge in [0.2, 0.25) is 5.65 Å². The Hall–Kier alpha value is -1.83. The molecule has 0 bridgehead atoms. The molecule has 1 aliphatic heterocycles. The van der Waals surface area contributed by atoms with Gasteiger partial charge in [-0.1, -0.05) is 0 Å². The normalized spacial score (nSPS) is 23.4. The number of alkyl halides is 3. The molecule has 0 amide bonds. The molecule has 1 aliphatic rings. The maximum atomic E-state index is 12.9. The summed E-state index contributed by atoms with van der Waals surface area (Å²) in [5.41, 5.74) is -0.747. The van der Waals surface area contributed by atoms with Crippen molar-refractivity contribution in [2.24, 2.45) is 0 Å². The summed E-state index contributed by atoms with van der Waals surface area (Å²) in [6, 6.07) is 0.428. The van der Waals surface area contributed by atoms with Crippen LogP contribution in [-0.2, 0) is 6.18 Å². The molecule has 2 aromatic heterocycles. The first kappa shape index (κ1) is 14.1. The van der Waals surface area contributed by atoms with Crippen LogP contribution in [0.2, 0.25) is 0 Å². The average Bonchev–Trinajstić information content (AvgIpc) is 2.86. The minimum Gasteiger partial charge on any atom is -0.470 e. The summed E-state index contributed by atoms with van der Waals surface area (Å²) in [7, 11) is 0. The van der Waals surface area contributed by atoms with Crippen molar-refractivity contribution in [3.05, 3.63) is 24.3 Å². The zero-order valence-electron chi connectivity index (χ0n) is 11.4. The second kappa shape index (κ2) is 5.18. The van der Waals surface area contributed by atoms with E-state index in [1.54, 1.807) is 0 Å². The fraction of sp³-hybridized carbons (Fsp3) is 0.538. The Morgan fingerprint density at radius 1 is 1.33 bits per heavy atom. The number of halogens is 3. The highest BCUT2D eigenvalue weighted by molar-refractivity contribution is 5.50. The van der Waals surface area contributed by atoms with Crippen molar-refractivity contribution in [2.75, 3.05) is 6.54 Å². The molecule has 3 heterocycles. The van der Waals surface area contributed by atoms with Gasteiger partial charge in [-0.25, -0.2) is 9.97 Å². The summed E-state index contributed by atoms with van der Waals surface area (Å²) < 4.78 is 45.2. The molecule has 0 spiro atoms. The molecular weight excluding hydrogens is 285 g/mol. The number of imidazole rings is 1. The zero-order chi connectivity index (χ0) is 15.0. The van der Waals surface area contributed by atoms with Crippen LogP contribution in [0.4, 0.5) is 13.2 Å². The maximum Gasteiger partial charge on any atom is 0.433 e. The quantitative estimate of drug-likeness (QED) is 0.924. The monoisotopic (exact) mass is 300 g/mol. The van der Waals surface area contributed by atoms with Gasteiger partial charge < -0.3 is 10.1 Å². The first-order chi connectivity index (χ1) is 9.95. The number of aromatic nitrogens is 3. The van der Waals surface area contributed by atoms with Crippen molar-refractivity contribution in [1.82, 2.24) is 19.7 Å². The van der Waals surface area contributed by atoms with E-state index in [0.717, 1.165) is 23.4 Å². The van der Waals surface area contributed by atoms with E-state index in [0.29, 0.717) is 12.6 Å². The third-order valence-electron chi connectivity index (χ3n) is 3.58. The van der Waals surface area contributed by atoms with Gasteiger partial charge in [0.25, 0.3) is 5.88 Å². The Morgan fingerprint density at radius 3 is 2.81 bits per heavy atom. The van der Waals surface area contributed by atoms with Crippen LogP contribution in [0, 0.1) is 0 Å². The Kier molecular flexibility index (Phi) is 3.48. The van der Waals surface area contributed by atoms with Crippen molar-refractivity contribution in [2.45, 2.75) is 38.1 Å². The third kappa shape index (κ3) is 2.80. The minimum absolute atomic E-state index is 0.0865. The van der Waals surface area contributed by atoms with Gasteiger partial charge in [0.1, 0.15) is 11.8 Å². The standard InChI is InChI=1S/C13H15F3N4O/c1-8-2-3-9(6-18-8)21-12-11-19-7-10(13(14,15)16)20(11)5-4-17-12/h4-5,7-9,18H,2-3,6H2,1H3/t8-,9-/m1/s1. The molecule has 1 N–H and O–H groups in total. The van der Waals surface area contributed by atoms with Gasteiger partial charge in [0.15, 0.2) is 0 Å². The minimum atomic E-state index is -4.46. The van der Waals surface area contributed by atoms with Gasteiger partial charge in [-0.2, -0.15) is 13.2 Å². The van der Waals surface area contributed by atoms with Crippen LogP contribution >= 0.6 is 0 Å². The molecule has 2 atom stereocenters. The van der Waals surface area contributed by atoms with Crippen molar-refractivity contribution in [3.8, 4) is 5.88 Å². The van der Waals surface area contributed by atoms with Crippen LogP contribution < -0.4 is 10.1 Å². The second-order valence-electron chi connectivity index (χ2n) is 5.19. The molecule has 5 nitrogen and oxygen atoms in total. The lowest BCUT2D eigenvalue weighted by atomic mass is 10.0. The smallest absolute Gasteiger partial charge is 0.433 e. The predicted octanol–water partition coefficient (Wildman–Crippen LogP) is 2.27. The number of hydrogen-bond acceptors (Lipinski definition) is 4. The zero-order valence-corrected chi connectivity index (χ0v) is 11.4. The number of ether oxygens (including phenoxy) is 1. The number of rotatable bonds is 2. The molecule has 0 aliphatic carbocycles. The topological polar surface area (TPSA) is 51.5 Å². The molecule has 114 valence electrons. The lowest BCUT2D eigenvalue weighted by Crippen LogP contribution is -2.42. The molecule has 21 heavy (non-hydrogen) atoms. The maximum absolute atomic E-state index is 12.9. The number of hydrogen-bond donors (Lipinski definition) is 1. The number of nitrogens with one attached hydrogen (secondary N) is 1. The van der Waals surface area contributed by atoms with Crippen molar-refractivity contribution in [1.29, 1.82) is 0 Å². The summed E-state index contributed by atoms with van der Waals surface area (Å²) >= 11 is 0. The van der Waals surface area contributed by atoms with E-state index >= 15 is 0 Å². The fourth-order valence-electron chi connectivity index (χ4n) is 2.42. The highest BCUT2D eigenvalue weighted by Gasteiger charge is 2.35. The molecular formula is C13H15F3N4O. The largest absolute Gasteiger partial charge is 0.470 e. The van der Waals surface area contributed by atoms with Crippen LogP contribution in [0.3, 0.4) is 0 Å². The van der Waals surface area contributed by atoms with Crippen molar-refractivity contribution < 1.29 is 17.9 Å². The van der Waals surface area contributed by atoms with Gasteiger partial charge in [0, 0.05) is 25.0 Å². The SMILES string of the molecule is C[C@@H]1CC[C@@H](Oc2nccn3c(C(F)(F)F)cnc23)CN1. The Bertz CT molecular complexity index is 632. The van der Waals surface area contributed by atoms with Crippen LogP contribution in [0.1, 0.15) is 25.5 Å². The number of nitrogens with zero attached hydrogens (tertiary/aromatic N) is 3. The molecule has 3 rings (SSSR count). The van der Waals surface area contributed by atoms with Crippen LogP contribution in [0.25, 0.3) is 5.65 Å². The number of piperidine rings is 1. The van der Waals surface area contributed by atoms with E-state index in [2.05, 4.69) is 22.2 Å². The van der Waals surface area contributed by atoms with E-state index in [-0.39, 0.29) is 17.6 Å². The summed E-state index contributed by atoms with van der Waals surface area (Å²) in [4.78, 5) is 7.82. The fourth-order valence-corrected chi connectivity index (χ4v) is 2.42. The molecule has 2 aromatic rings. The molecule has 0 saturated carbocycles. The molecule has 8 heteroatoms. The number of fused-ring (bicyclic) bond motifs is 1. The van der Waals surface area contributed by atoms with Crippen LogP contribution in [-0.4, -0.2) is 33.1 Å². The second-order valence-corrected chi connectivity index (χ2v) is 5.19. The molecule has 1 fully saturated rings. The Morgan fingerprint density at radius 2 is 2.14 bits per heavy atom. The van der Waals surface area contributed by atoms with Crippen LogP contribution in [0.15, 0.2) is 18.6 Å². The van der Waals surface area contributed by atoms with Crippen molar-refractivity contribution in [3.63, 3.8) is 0 Å². The lowest BCUT2D eigenvalue weighted by molar-refractivity contribution is -0.141. The summed E-state index contributed by atoms with van der Waals surface area (Å²) in [6.07, 6.45) is 0.549. The predicted molar refractivity (Wildman–Crippen MR) is 69.1 cm³/mol. The van der Waals surface area contributed by atoms with E-state index in [9.17, 15) is 13.2 Å². The molecule has 0 unspecified atom stereocenters. The average molecular weight is 300 g/mol. The Labute approximate surface area is 119 Å². The van der Waals surface area contributed by atoms with Gasteiger partial charge in [-0.15, -0.1) is 0 Å². The van der Waals surface area contributed by atoms with E-state index in [1.807, 2.05) is 0 Å². The third-order valence-corrected chi connectivity index (χ3v) is 3.58. The van der Waals surface area contributed by atoms with Gasteiger partial charge in [-0.05, 0) is 19.8 Å². The van der Waals surface area contributed by atoms with E-state index in [4.69, 9.17) is 4.74 Å². The van der Waals surface area contributed by atoms with Gasteiger partial charge in [0.05, 0.1) is 6.20 Å². The highest BCUT2D eigenvalue weighted by Crippen LogP contribution is 2.31. The van der Waals surface area contributed by atoms with E-state index in [1.165, 1.54) is 12.4 Å². The molecule has 1 saturated heterocycles. The van der Waals surface area contributed by atoms with Crippen LogP contribution in [0.5, 0.6) is 5.88 Å².